The first kappa shape index (κ1) is 21.5. The molecule has 3 aliphatic carbocycles. The standard InChI is InChI=1S/C26H35N3O3/c1-25-12-10-20-18(6-8-21-26(20,2)13-11-24(32)29(21)3)19(25)7-4-16(25)14-23(31)28-17-5-9-22(30)27-15-17/h5,9,11,13,15-16,18-21H,4,6-8,10,12,14H2,1-3H3,(H,27,30)(H,28,31)/t16-,18?,19?,20?,21?,25-,26-/m1/s1. The zero-order valence-corrected chi connectivity index (χ0v) is 19.4. The third kappa shape index (κ3) is 3.25. The van der Waals surface area contributed by atoms with Crippen molar-refractivity contribution in [3.05, 3.63) is 40.8 Å². The SMILES string of the molecule is CN1C(=O)C=C[C@]2(C)C3CC[C@@]4(C)C(CC[C@@H]4CC(=O)Nc4ccc(=O)[nH]c4)C3CCC12. The molecule has 1 aromatic heterocycles. The summed E-state index contributed by atoms with van der Waals surface area (Å²) in [5.74, 6) is 2.51. The van der Waals surface area contributed by atoms with Gasteiger partial charge in [0.05, 0.1) is 5.69 Å². The number of carbonyl (C=O) groups excluding carboxylic acids is 2. The van der Waals surface area contributed by atoms with Crippen molar-refractivity contribution < 1.29 is 9.59 Å². The number of aromatic nitrogens is 1. The van der Waals surface area contributed by atoms with Crippen molar-refractivity contribution in [2.75, 3.05) is 12.4 Å². The van der Waals surface area contributed by atoms with Crippen LogP contribution >= 0.6 is 0 Å². The van der Waals surface area contributed by atoms with E-state index in [1.54, 1.807) is 18.3 Å². The molecule has 4 unspecified atom stereocenters. The van der Waals surface area contributed by atoms with Crippen LogP contribution in [0.4, 0.5) is 5.69 Å². The van der Waals surface area contributed by atoms with Gasteiger partial charge in [0.15, 0.2) is 0 Å². The molecule has 5 rings (SSSR count). The number of nitrogens with one attached hydrogen (secondary N) is 2. The Bertz CT molecular complexity index is 995. The number of rotatable bonds is 3. The maximum atomic E-state index is 12.8. The summed E-state index contributed by atoms with van der Waals surface area (Å²) in [5, 5.41) is 2.96. The van der Waals surface area contributed by atoms with Gasteiger partial charge in [-0.05, 0) is 79.8 Å². The smallest absolute Gasteiger partial charge is 0.248 e. The predicted molar refractivity (Wildman–Crippen MR) is 124 cm³/mol. The van der Waals surface area contributed by atoms with E-state index < -0.39 is 0 Å². The molecule has 0 bridgehead atoms. The highest BCUT2D eigenvalue weighted by Crippen LogP contribution is 2.65. The van der Waals surface area contributed by atoms with E-state index in [4.69, 9.17) is 0 Å². The zero-order chi connectivity index (χ0) is 22.7. The summed E-state index contributed by atoms with van der Waals surface area (Å²) >= 11 is 0. The Labute approximate surface area is 189 Å². The molecule has 4 aliphatic rings. The highest BCUT2D eigenvalue weighted by Gasteiger charge is 2.60. The van der Waals surface area contributed by atoms with Crippen LogP contribution in [0.1, 0.15) is 58.8 Å². The number of anilines is 1. The molecule has 2 amide bonds. The Balaban J connectivity index is 1.31. The highest BCUT2D eigenvalue weighted by molar-refractivity contribution is 5.90. The third-order valence-electron chi connectivity index (χ3n) is 9.82. The van der Waals surface area contributed by atoms with Gasteiger partial charge in [-0.3, -0.25) is 14.4 Å². The van der Waals surface area contributed by atoms with E-state index >= 15 is 0 Å². The second-order valence-corrected chi connectivity index (χ2v) is 11.1. The van der Waals surface area contributed by atoms with Gasteiger partial charge in [-0.15, -0.1) is 0 Å². The first-order valence-electron chi connectivity index (χ1n) is 12.2. The van der Waals surface area contributed by atoms with E-state index in [0.717, 1.165) is 19.3 Å². The Hall–Kier alpha value is -2.37. The van der Waals surface area contributed by atoms with Crippen LogP contribution in [0.5, 0.6) is 0 Å². The highest BCUT2D eigenvalue weighted by atomic mass is 16.2. The largest absolute Gasteiger partial charge is 0.338 e. The quantitative estimate of drug-likeness (QED) is 0.751. The number of amides is 2. The van der Waals surface area contributed by atoms with Gasteiger partial charge >= 0.3 is 0 Å². The van der Waals surface area contributed by atoms with Crippen molar-refractivity contribution in [2.45, 2.75) is 64.8 Å². The Kier molecular flexibility index (Phi) is 5.10. The third-order valence-corrected chi connectivity index (χ3v) is 9.82. The summed E-state index contributed by atoms with van der Waals surface area (Å²) in [6.07, 6.45) is 13.0. The molecule has 1 aliphatic heterocycles. The van der Waals surface area contributed by atoms with Crippen molar-refractivity contribution >= 4 is 17.5 Å². The first-order chi connectivity index (χ1) is 15.2. The molecule has 6 heteroatoms. The summed E-state index contributed by atoms with van der Waals surface area (Å²) in [4.78, 5) is 40.9. The van der Waals surface area contributed by atoms with Crippen LogP contribution in [-0.2, 0) is 9.59 Å². The number of aromatic amines is 1. The molecule has 0 spiro atoms. The number of H-pyrrole nitrogens is 1. The summed E-state index contributed by atoms with van der Waals surface area (Å²) in [7, 11) is 1.97. The summed E-state index contributed by atoms with van der Waals surface area (Å²) in [6, 6.07) is 3.40. The number of carbonyl (C=O) groups is 2. The zero-order valence-electron chi connectivity index (χ0n) is 19.4. The van der Waals surface area contributed by atoms with Gasteiger partial charge in [0.2, 0.25) is 17.4 Å². The molecular formula is C26H35N3O3. The molecule has 2 N–H and O–H groups in total. The number of likely N-dealkylation sites (N-methyl/N-ethyl adjacent to an activating group) is 1. The number of nitrogens with zero attached hydrogens (tertiary/aromatic N) is 1. The van der Waals surface area contributed by atoms with Crippen LogP contribution < -0.4 is 10.9 Å². The lowest BCUT2D eigenvalue weighted by atomic mass is 9.47. The van der Waals surface area contributed by atoms with E-state index in [1.807, 2.05) is 11.9 Å². The van der Waals surface area contributed by atoms with Gasteiger partial charge in [-0.25, -0.2) is 0 Å². The van der Waals surface area contributed by atoms with E-state index in [1.165, 1.54) is 25.3 Å². The van der Waals surface area contributed by atoms with Crippen LogP contribution in [0.3, 0.4) is 0 Å². The second kappa shape index (κ2) is 7.60. The normalized spacial score (nSPS) is 40.4. The summed E-state index contributed by atoms with van der Waals surface area (Å²) in [5.41, 5.74) is 0.740. The molecule has 2 heterocycles. The van der Waals surface area contributed by atoms with Gasteiger partial charge in [0.25, 0.3) is 0 Å². The van der Waals surface area contributed by atoms with Crippen LogP contribution in [0.25, 0.3) is 0 Å². The maximum absolute atomic E-state index is 12.8. The average molecular weight is 438 g/mol. The van der Waals surface area contributed by atoms with E-state index in [-0.39, 0.29) is 28.2 Å². The average Bonchev–Trinajstić information content (AvgIpc) is 3.09. The van der Waals surface area contributed by atoms with Crippen molar-refractivity contribution in [3.63, 3.8) is 0 Å². The maximum Gasteiger partial charge on any atom is 0.248 e. The number of hydrogen-bond acceptors (Lipinski definition) is 3. The molecule has 0 radical (unpaired) electrons. The van der Waals surface area contributed by atoms with E-state index in [9.17, 15) is 14.4 Å². The molecule has 32 heavy (non-hydrogen) atoms. The van der Waals surface area contributed by atoms with Crippen LogP contribution in [-0.4, -0.2) is 34.8 Å². The molecule has 1 aromatic rings. The van der Waals surface area contributed by atoms with Crippen LogP contribution in [0, 0.1) is 34.5 Å². The first-order valence-corrected chi connectivity index (χ1v) is 12.2. The minimum atomic E-state index is -0.169. The van der Waals surface area contributed by atoms with Crippen molar-refractivity contribution in [3.8, 4) is 0 Å². The van der Waals surface area contributed by atoms with Crippen molar-refractivity contribution in [1.29, 1.82) is 0 Å². The predicted octanol–water partition coefficient (Wildman–Crippen LogP) is 3.96. The molecule has 3 fully saturated rings. The molecular weight excluding hydrogens is 402 g/mol. The summed E-state index contributed by atoms with van der Waals surface area (Å²) < 4.78 is 0. The monoisotopic (exact) mass is 437 g/mol. The van der Waals surface area contributed by atoms with Gasteiger partial charge in [0, 0.05) is 37.2 Å². The molecule has 0 saturated heterocycles. The Morgan fingerprint density at radius 2 is 1.94 bits per heavy atom. The lowest BCUT2D eigenvalue weighted by molar-refractivity contribution is -0.139. The van der Waals surface area contributed by atoms with Gasteiger partial charge in [0.1, 0.15) is 0 Å². The Morgan fingerprint density at radius 3 is 2.69 bits per heavy atom. The minimum absolute atomic E-state index is 0.0390. The minimum Gasteiger partial charge on any atom is -0.338 e. The molecule has 0 aromatic carbocycles. The fourth-order valence-corrected chi connectivity index (χ4v) is 8.11. The number of hydrogen-bond donors (Lipinski definition) is 2. The van der Waals surface area contributed by atoms with Crippen LogP contribution in [0.2, 0.25) is 0 Å². The summed E-state index contributed by atoms with van der Waals surface area (Å²) in [6.45, 7) is 4.81. The molecule has 3 saturated carbocycles. The van der Waals surface area contributed by atoms with E-state index in [2.05, 4.69) is 30.2 Å². The lowest BCUT2D eigenvalue weighted by Gasteiger charge is -2.60. The number of pyridine rings is 1. The molecule has 172 valence electrons. The topological polar surface area (TPSA) is 82.3 Å². The van der Waals surface area contributed by atoms with Crippen molar-refractivity contribution in [1.82, 2.24) is 9.88 Å². The van der Waals surface area contributed by atoms with E-state index in [0.29, 0.717) is 41.8 Å². The van der Waals surface area contributed by atoms with Crippen molar-refractivity contribution in [2.24, 2.45) is 34.5 Å². The van der Waals surface area contributed by atoms with Gasteiger partial charge in [-0.2, -0.15) is 0 Å². The number of fused-ring (bicyclic) bond motifs is 5. The molecule has 6 nitrogen and oxygen atoms in total. The fourth-order valence-electron chi connectivity index (χ4n) is 8.11. The Morgan fingerprint density at radius 1 is 1.12 bits per heavy atom. The fraction of sp³-hybridized carbons (Fsp3) is 0.654. The second-order valence-electron chi connectivity index (χ2n) is 11.1. The van der Waals surface area contributed by atoms with Gasteiger partial charge in [-0.1, -0.05) is 19.9 Å². The van der Waals surface area contributed by atoms with Crippen LogP contribution in [0.15, 0.2) is 35.3 Å². The lowest BCUT2D eigenvalue weighted by Crippen LogP contribution is -2.59. The van der Waals surface area contributed by atoms with Gasteiger partial charge < -0.3 is 15.2 Å². The molecule has 7 atom stereocenters.